The number of hydrogen-bond acceptors (Lipinski definition) is 4. The van der Waals surface area contributed by atoms with Gasteiger partial charge in [-0.15, -0.1) is 0 Å². The van der Waals surface area contributed by atoms with Crippen molar-refractivity contribution in [3.05, 3.63) is 17.0 Å². The predicted molar refractivity (Wildman–Crippen MR) is 80.5 cm³/mol. The normalized spacial score (nSPS) is 15.2. The van der Waals surface area contributed by atoms with Gasteiger partial charge in [0.05, 0.1) is 5.69 Å². The second-order valence-electron chi connectivity index (χ2n) is 5.95. The van der Waals surface area contributed by atoms with Crippen LogP contribution in [-0.2, 0) is 4.74 Å². The maximum atomic E-state index is 13.8. The van der Waals surface area contributed by atoms with Gasteiger partial charge in [0.1, 0.15) is 16.4 Å². The first-order chi connectivity index (χ1) is 9.76. The first kappa shape index (κ1) is 15.8. The van der Waals surface area contributed by atoms with Gasteiger partial charge in [-0.3, -0.25) is 5.32 Å². The second-order valence-corrected chi connectivity index (χ2v) is 6.33. The van der Waals surface area contributed by atoms with Gasteiger partial charge < -0.3 is 9.64 Å². The molecule has 21 heavy (non-hydrogen) atoms. The number of carbonyl (C=O) groups excluding carboxylic acids is 1. The summed E-state index contributed by atoms with van der Waals surface area (Å²) in [5.41, 5.74) is -0.472. The number of pyridine rings is 1. The lowest BCUT2D eigenvalue weighted by Gasteiger charge is -2.21. The van der Waals surface area contributed by atoms with E-state index in [-0.39, 0.29) is 10.7 Å². The molecular weight excluding hydrogens is 297 g/mol. The Kier molecular flexibility index (Phi) is 4.56. The molecule has 116 valence electrons. The molecular formula is C14H19ClFN3O2. The molecule has 1 amide bonds. The van der Waals surface area contributed by atoms with E-state index >= 15 is 0 Å². The average Bonchev–Trinajstić information content (AvgIpc) is 2.86. The molecule has 0 saturated carbocycles. The van der Waals surface area contributed by atoms with Crippen LogP contribution in [0.25, 0.3) is 0 Å². The second kappa shape index (κ2) is 6.05. The standard InChI is InChI=1S/C14H19ClFN3O2/c1-14(2,3)21-13(20)17-9-8-10(18-12(16)11(9)15)19-6-4-5-7-19/h8H,4-7H2,1-3H3,(H,17,18,20). The summed E-state index contributed by atoms with van der Waals surface area (Å²) in [6, 6.07) is 1.57. The monoisotopic (exact) mass is 315 g/mol. The molecule has 1 fully saturated rings. The molecule has 0 aromatic carbocycles. The number of hydrogen-bond donors (Lipinski definition) is 1. The van der Waals surface area contributed by atoms with Crippen molar-refractivity contribution in [2.24, 2.45) is 0 Å². The number of ether oxygens (including phenoxy) is 1. The Hall–Kier alpha value is -1.56. The van der Waals surface area contributed by atoms with Crippen molar-refractivity contribution in [2.75, 3.05) is 23.3 Å². The molecule has 1 aliphatic rings. The molecule has 1 saturated heterocycles. The SMILES string of the molecule is CC(C)(C)OC(=O)Nc1cc(N2CCCC2)nc(F)c1Cl. The van der Waals surface area contributed by atoms with Crippen LogP contribution < -0.4 is 10.2 Å². The lowest BCUT2D eigenvalue weighted by atomic mass is 10.2. The molecule has 2 heterocycles. The minimum atomic E-state index is -0.799. The van der Waals surface area contributed by atoms with Gasteiger partial charge >= 0.3 is 6.09 Å². The molecule has 1 aromatic heterocycles. The summed E-state index contributed by atoms with van der Waals surface area (Å²) in [5.74, 6) is -0.326. The summed E-state index contributed by atoms with van der Waals surface area (Å²) in [4.78, 5) is 17.6. The van der Waals surface area contributed by atoms with Gasteiger partial charge in [-0.1, -0.05) is 11.6 Å². The number of carbonyl (C=O) groups is 1. The molecule has 0 radical (unpaired) electrons. The maximum absolute atomic E-state index is 13.8. The molecule has 0 atom stereocenters. The zero-order chi connectivity index (χ0) is 15.6. The molecule has 0 unspecified atom stereocenters. The van der Waals surface area contributed by atoms with Gasteiger partial charge in [0.25, 0.3) is 0 Å². The maximum Gasteiger partial charge on any atom is 0.412 e. The number of aromatic nitrogens is 1. The molecule has 2 rings (SSSR count). The average molecular weight is 316 g/mol. The van der Waals surface area contributed by atoms with E-state index in [9.17, 15) is 9.18 Å². The summed E-state index contributed by atoms with van der Waals surface area (Å²) < 4.78 is 19.0. The number of halogens is 2. The van der Waals surface area contributed by atoms with Crippen LogP contribution in [0.2, 0.25) is 5.02 Å². The summed E-state index contributed by atoms with van der Waals surface area (Å²) in [6.07, 6.45) is 1.41. The number of anilines is 2. The molecule has 0 bridgehead atoms. The van der Waals surface area contributed by atoms with E-state index in [0.717, 1.165) is 25.9 Å². The van der Waals surface area contributed by atoms with Crippen molar-refractivity contribution in [1.29, 1.82) is 0 Å². The summed E-state index contributed by atoms with van der Waals surface area (Å²) in [7, 11) is 0. The van der Waals surface area contributed by atoms with Gasteiger partial charge in [0.2, 0.25) is 5.95 Å². The van der Waals surface area contributed by atoms with E-state index in [4.69, 9.17) is 16.3 Å². The van der Waals surface area contributed by atoms with Crippen molar-refractivity contribution < 1.29 is 13.9 Å². The predicted octanol–water partition coefficient (Wildman–Crippen LogP) is 3.82. The third-order valence-corrected chi connectivity index (χ3v) is 3.33. The third kappa shape index (κ3) is 4.20. The fourth-order valence-corrected chi connectivity index (χ4v) is 2.24. The van der Waals surface area contributed by atoms with Crippen molar-refractivity contribution in [3.8, 4) is 0 Å². The number of nitrogens with zero attached hydrogens (tertiary/aromatic N) is 2. The zero-order valence-electron chi connectivity index (χ0n) is 12.4. The Bertz CT molecular complexity index is 540. The van der Waals surface area contributed by atoms with Gasteiger partial charge in [0, 0.05) is 19.2 Å². The van der Waals surface area contributed by atoms with Gasteiger partial charge in [0.15, 0.2) is 0 Å². The van der Waals surface area contributed by atoms with Crippen molar-refractivity contribution >= 4 is 29.2 Å². The van der Waals surface area contributed by atoms with Crippen molar-refractivity contribution in [2.45, 2.75) is 39.2 Å². The van der Waals surface area contributed by atoms with E-state index in [2.05, 4.69) is 10.3 Å². The van der Waals surface area contributed by atoms with E-state index < -0.39 is 17.6 Å². The van der Waals surface area contributed by atoms with Gasteiger partial charge in [-0.05, 0) is 33.6 Å². The Morgan fingerprint density at radius 2 is 2.05 bits per heavy atom. The summed E-state index contributed by atoms with van der Waals surface area (Å²) >= 11 is 5.86. The van der Waals surface area contributed by atoms with E-state index in [0.29, 0.717) is 5.82 Å². The van der Waals surface area contributed by atoms with Gasteiger partial charge in [-0.25, -0.2) is 9.78 Å². The van der Waals surface area contributed by atoms with E-state index in [1.165, 1.54) is 0 Å². The Labute approximate surface area is 128 Å². The van der Waals surface area contributed by atoms with Crippen LogP contribution in [0.4, 0.5) is 20.7 Å². The summed E-state index contributed by atoms with van der Waals surface area (Å²) in [5, 5.41) is 2.25. The fourth-order valence-electron chi connectivity index (χ4n) is 2.10. The van der Waals surface area contributed by atoms with Crippen molar-refractivity contribution in [3.63, 3.8) is 0 Å². The third-order valence-electron chi connectivity index (χ3n) is 2.97. The Morgan fingerprint density at radius 1 is 1.43 bits per heavy atom. The first-order valence-electron chi connectivity index (χ1n) is 6.87. The highest BCUT2D eigenvalue weighted by Crippen LogP contribution is 2.30. The van der Waals surface area contributed by atoms with E-state index in [1.807, 2.05) is 4.90 Å². The Morgan fingerprint density at radius 3 is 2.62 bits per heavy atom. The number of amides is 1. The van der Waals surface area contributed by atoms with Gasteiger partial charge in [-0.2, -0.15) is 4.39 Å². The minimum Gasteiger partial charge on any atom is -0.444 e. The van der Waals surface area contributed by atoms with Crippen LogP contribution in [0.15, 0.2) is 6.07 Å². The lowest BCUT2D eigenvalue weighted by molar-refractivity contribution is 0.0636. The smallest absolute Gasteiger partial charge is 0.412 e. The molecule has 1 aliphatic heterocycles. The largest absolute Gasteiger partial charge is 0.444 e. The highest BCUT2D eigenvalue weighted by molar-refractivity contribution is 6.33. The topological polar surface area (TPSA) is 54.5 Å². The molecule has 1 aromatic rings. The summed E-state index contributed by atoms with van der Waals surface area (Å²) in [6.45, 7) is 6.88. The number of rotatable bonds is 2. The van der Waals surface area contributed by atoms with Crippen LogP contribution in [0.1, 0.15) is 33.6 Å². The van der Waals surface area contributed by atoms with Crippen LogP contribution in [0, 0.1) is 5.95 Å². The van der Waals surface area contributed by atoms with Crippen LogP contribution in [-0.4, -0.2) is 29.8 Å². The van der Waals surface area contributed by atoms with Crippen LogP contribution in [0.3, 0.4) is 0 Å². The number of nitrogens with one attached hydrogen (secondary N) is 1. The first-order valence-corrected chi connectivity index (χ1v) is 7.25. The molecule has 1 N–H and O–H groups in total. The molecule has 5 nitrogen and oxygen atoms in total. The zero-order valence-corrected chi connectivity index (χ0v) is 13.1. The fraction of sp³-hybridized carbons (Fsp3) is 0.571. The quantitative estimate of drug-likeness (QED) is 0.843. The van der Waals surface area contributed by atoms with Crippen LogP contribution >= 0.6 is 11.6 Å². The molecule has 0 spiro atoms. The minimum absolute atomic E-state index is 0.167. The van der Waals surface area contributed by atoms with E-state index in [1.54, 1.807) is 26.8 Å². The van der Waals surface area contributed by atoms with Crippen molar-refractivity contribution in [1.82, 2.24) is 4.98 Å². The highest BCUT2D eigenvalue weighted by atomic mass is 35.5. The lowest BCUT2D eigenvalue weighted by Crippen LogP contribution is -2.27. The highest BCUT2D eigenvalue weighted by Gasteiger charge is 2.21. The Balaban J connectivity index is 2.20. The molecule has 7 heteroatoms. The molecule has 0 aliphatic carbocycles. The van der Waals surface area contributed by atoms with Crippen LogP contribution in [0.5, 0.6) is 0 Å².